The molecule has 1 N–H and O–H groups in total. The molecule has 0 aromatic heterocycles. The van der Waals surface area contributed by atoms with Crippen molar-refractivity contribution >= 4 is 6.47 Å². The lowest BCUT2D eigenvalue weighted by Crippen LogP contribution is -2.46. The fourth-order valence-electron chi connectivity index (χ4n) is 3.10. The maximum absolute atomic E-state index is 8.36. The normalized spacial score (nSPS) is 11.0. The van der Waals surface area contributed by atoms with Crippen LogP contribution in [0, 0.1) is 0 Å². The Morgan fingerprint density at radius 1 is 0.652 bits per heavy atom. The van der Waals surface area contributed by atoms with Crippen molar-refractivity contribution in [2.24, 2.45) is 0 Å². The van der Waals surface area contributed by atoms with Gasteiger partial charge in [0, 0.05) is 0 Å². The molecule has 0 amide bonds. The molecule has 0 aromatic rings. The molecule has 0 fully saturated rings. The molecule has 0 unspecified atom stereocenters. The van der Waals surface area contributed by atoms with E-state index in [9.17, 15) is 0 Å². The number of quaternary nitrogens is 1. The molecule has 0 aliphatic carbocycles. The van der Waals surface area contributed by atoms with Gasteiger partial charge < -0.3 is 9.59 Å². The molecule has 0 aromatic carbocycles. The molecule has 0 radical (unpaired) electrons. The van der Waals surface area contributed by atoms with Gasteiger partial charge in [-0.3, -0.25) is 4.79 Å². The topological polar surface area (TPSA) is 37.3 Å². The van der Waals surface area contributed by atoms with Crippen LogP contribution in [0.2, 0.25) is 0 Å². The summed E-state index contributed by atoms with van der Waals surface area (Å²) in [6.45, 7) is 10.9. The van der Waals surface area contributed by atoms with E-state index in [1.165, 1.54) is 101 Å². The van der Waals surface area contributed by atoms with Gasteiger partial charge in [-0.25, -0.2) is 0 Å². The second kappa shape index (κ2) is 19.5. The highest BCUT2D eigenvalue weighted by atomic mass is 16.3. The van der Waals surface area contributed by atoms with Crippen molar-refractivity contribution in [3.05, 3.63) is 0 Å². The minimum Gasteiger partial charge on any atom is -0.483 e. The number of nitrogens with zero attached hydrogens (tertiary/aromatic N) is 1. The van der Waals surface area contributed by atoms with E-state index in [1.807, 2.05) is 0 Å². The van der Waals surface area contributed by atoms with Crippen LogP contribution in [0.3, 0.4) is 0 Å². The van der Waals surface area contributed by atoms with Gasteiger partial charge in [-0.05, 0) is 38.5 Å². The van der Waals surface area contributed by atoms with E-state index in [2.05, 4.69) is 27.8 Å². The van der Waals surface area contributed by atoms with Crippen LogP contribution in [-0.2, 0) is 4.79 Å². The predicted molar refractivity (Wildman–Crippen MR) is 102 cm³/mol. The van der Waals surface area contributed by atoms with Crippen LogP contribution < -0.4 is 0 Å². The number of rotatable bonds is 15. The molecule has 0 saturated carbocycles. The highest BCUT2D eigenvalue weighted by Crippen LogP contribution is 2.14. The molecule has 0 aliphatic rings. The van der Waals surface area contributed by atoms with Gasteiger partial charge in [-0.15, -0.1) is 0 Å². The van der Waals surface area contributed by atoms with Gasteiger partial charge in [0.05, 0.1) is 26.7 Å². The standard InChI is InChI=1S/C19H42N.CH2O2/c1-5-8-11-14-17-20(4,18-15-12-9-6-2)19-16-13-10-7-3;2-1-3/h5-19H2,1-4H3;1H,(H,2,3)/q+1;. The van der Waals surface area contributed by atoms with Gasteiger partial charge in [-0.2, -0.15) is 0 Å². The molecule has 0 saturated heterocycles. The second-order valence-corrected chi connectivity index (χ2v) is 7.08. The van der Waals surface area contributed by atoms with Crippen LogP contribution in [0.15, 0.2) is 0 Å². The van der Waals surface area contributed by atoms with Crippen LogP contribution in [0.1, 0.15) is 97.8 Å². The van der Waals surface area contributed by atoms with Crippen molar-refractivity contribution in [3.8, 4) is 0 Å². The molecule has 3 nitrogen and oxygen atoms in total. The monoisotopic (exact) mass is 330 g/mol. The average Bonchev–Trinajstić information content (AvgIpc) is 2.54. The molecule has 3 heteroatoms. The molecule has 23 heavy (non-hydrogen) atoms. The molecule has 0 spiro atoms. The lowest BCUT2D eigenvalue weighted by atomic mass is 10.1. The first-order valence-electron chi connectivity index (χ1n) is 10.0. The van der Waals surface area contributed by atoms with Crippen molar-refractivity contribution in [2.45, 2.75) is 97.8 Å². The Kier molecular flexibility index (Phi) is 20.9. The third-order valence-electron chi connectivity index (χ3n) is 4.65. The lowest BCUT2D eigenvalue weighted by Gasteiger charge is -2.35. The van der Waals surface area contributed by atoms with E-state index in [-0.39, 0.29) is 6.47 Å². The van der Waals surface area contributed by atoms with Gasteiger partial charge in [0.1, 0.15) is 0 Å². The fraction of sp³-hybridized carbons (Fsp3) is 0.950. The van der Waals surface area contributed by atoms with Gasteiger partial charge in [0.2, 0.25) is 0 Å². The maximum atomic E-state index is 8.36. The zero-order chi connectivity index (χ0) is 17.8. The number of hydrogen-bond donors (Lipinski definition) is 1. The summed E-state index contributed by atoms with van der Waals surface area (Å²) in [5, 5.41) is 6.89. The number of carboxylic acid groups (broad SMARTS) is 1. The zero-order valence-electron chi connectivity index (χ0n) is 16.5. The van der Waals surface area contributed by atoms with Crippen molar-refractivity contribution in [1.82, 2.24) is 0 Å². The summed E-state index contributed by atoms with van der Waals surface area (Å²) in [7, 11) is 2.52. The SMILES string of the molecule is CCCCCC[N+](C)(CCCCCC)CCCCCC.O=CO. The van der Waals surface area contributed by atoms with E-state index < -0.39 is 0 Å². The van der Waals surface area contributed by atoms with Crippen molar-refractivity contribution in [2.75, 3.05) is 26.7 Å². The minimum absolute atomic E-state index is 0.250. The van der Waals surface area contributed by atoms with Gasteiger partial charge in [0.15, 0.2) is 0 Å². The van der Waals surface area contributed by atoms with Gasteiger partial charge in [0.25, 0.3) is 6.47 Å². The summed E-state index contributed by atoms with van der Waals surface area (Å²) in [5.41, 5.74) is 0. The summed E-state index contributed by atoms with van der Waals surface area (Å²) in [6.07, 6.45) is 17.0. The Morgan fingerprint density at radius 3 is 1.13 bits per heavy atom. The largest absolute Gasteiger partial charge is 0.483 e. The summed E-state index contributed by atoms with van der Waals surface area (Å²) in [6, 6.07) is 0. The molecule has 0 atom stereocenters. The average molecular weight is 331 g/mol. The molecule has 0 rings (SSSR count). The molecule has 0 aliphatic heterocycles. The first-order valence-corrected chi connectivity index (χ1v) is 10.0. The van der Waals surface area contributed by atoms with Crippen LogP contribution in [0.5, 0.6) is 0 Å². The summed E-state index contributed by atoms with van der Waals surface area (Å²) < 4.78 is 1.34. The second-order valence-electron chi connectivity index (χ2n) is 7.08. The van der Waals surface area contributed by atoms with Crippen molar-refractivity contribution < 1.29 is 14.4 Å². The van der Waals surface area contributed by atoms with E-state index in [4.69, 9.17) is 9.90 Å². The number of unbranched alkanes of at least 4 members (excludes halogenated alkanes) is 9. The van der Waals surface area contributed by atoms with Crippen molar-refractivity contribution in [1.29, 1.82) is 0 Å². The van der Waals surface area contributed by atoms with Crippen LogP contribution in [-0.4, -0.2) is 42.7 Å². The van der Waals surface area contributed by atoms with Gasteiger partial charge >= 0.3 is 0 Å². The smallest absolute Gasteiger partial charge is 0.290 e. The highest BCUT2D eigenvalue weighted by Gasteiger charge is 2.19. The molecular formula is C20H44NO2+. The highest BCUT2D eigenvalue weighted by molar-refractivity contribution is 5.32. The zero-order valence-corrected chi connectivity index (χ0v) is 16.5. The lowest BCUT2D eigenvalue weighted by molar-refractivity contribution is -0.910. The van der Waals surface area contributed by atoms with Crippen LogP contribution in [0.25, 0.3) is 0 Å². The summed E-state index contributed by atoms with van der Waals surface area (Å²) in [4.78, 5) is 8.36. The molecule has 140 valence electrons. The Morgan fingerprint density at radius 2 is 0.913 bits per heavy atom. The predicted octanol–water partition coefficient (Wildman–Crippen LogP) is 5.87. The van der Waals surface area contributed by atoms with Crippen LogP contribution >= 0.6 is 0 Å². The quantitative estimate of drug-likeness (QED) is 0.231. The Bertz CT molecular complexity index is 200. The Hall–Kier alpha value is -0.570. The van der Waals surface area contributed by atoms with Crippen LogP contribution in [0.4, 0.5) is 0 Å². The number of carbonyl (C=O) groups is 1. The molecule has 0 heterocycles. The summed E-state index contributed by atoms with van der Waals surface area (Å²) in [5.74, 6) is 0. The van der Waals surface area contributed by atoms with E-state index >= 15 is 0 Å². The van der Waals surface area contributed by atoms with E-state index in [0.29, 0.717) is 0 Å². The van der Waals surface area contributed by atoms with E-state index in [0.717, 1.165) is 0 Å². The first-order chi connectivity index (χ1) is 11.1. The first kappa shape index (κ1) is 24.7. The maximum Gasteiger partial charge on any atom is 0.290 e. The molecule has 0 bridgehead atoms. The third-order valence-corrected chi connectivity index (χ3v) is 4.65. The number of hydrogen-bond acceptors (Lipinski definition) is 1. The van der Waals surface area contributed by atoms with Gasteiger partial charge in [-0.1, -0.05) is 59.3 Å². The van der Waals surface area contributed by atoms with Crippen molar-refractivity contribution in [3.63, 3.8) is 0 Å². The Balaban J connectivity index is 0. The molecular weight excluding hydrogens is 286 g/mol. The third kappa shape index (κ3) is 19.4. The van der Waals surface area contributed by atoms with E-state index in [1.54, 1.807) is 0 Å². The fourth-order valence-corrected chi connectivity index (χ4v) is 3.10. The minimum atomic E-state index is -0.250. The summed E-state index contributed by atoms with van der Waals surface area (Å²) >= 11 is 0. The Labute approximate surface area is 146 Å².